The first-order chi connectivity index (χ1) is 15.4. The zero-order valence-corrected chi connectivity index (χ0v) is 18.5. The molecule has 0 aliphatic carbocycles. The van der Waals surface area contributed by atoms with Gasteiger partial charge in [-0.15, -0.1) is 21.5 Å². The summed E-state index contributed by atoms with van der Waals surface area (Å²) < 4.78 is 2.67. The van der Waals surface area contributed by atoms with Crippen molar-refractivity contribution in [1.82, 2.24) is 19.7 Å². The van der Waals surface area contributed by atoms with Crippen LogP contribution in [0.5, 0.6) is 0 Å². The summed E-state index contributed by atoms with van der Waals surface area (Å²) in [5.41, 5.74) is 2.08. The minimum Gasteiger partial charge on any atom is -0.481 e. The Morgan fingerprint density at radius 1 is 1.28 bits per heavy atom. The average molecular weight is 468 g/mol. The maximum Gasteiger partial charge on any atom is 0.303 e. The number of allylic oxidation sites excluding steroid dienone is 1. The Morgan fingerprint density at radius 3 is 2.78 bits per heavy atom. The molecule has 32 heavy (non-hydrogen) atoms. The number of hydrogen-bond acceptors (Lipinski definition) is 8. The van der Waals surface area contributed by atoms with E-state index in [-0.39, 0.29) is 18.5 Å². The molecule has 0 atom stereocenters. The highest BCUT2D eigenvalue weighted by Crippen LogP contribution is 2.36. The number of para-hydroxylation sites is 1. The third-order valence-electron chi connectivity index (χ3n) is 4.57. The summed E-state index contributed by atoms with van der Waals surface area (Å²) in [6.07, 6.45) is 3.49. The van der Waals surface area contributed by atoms with Gasteiger partial charge in [0.05, 0.1) is 20.0 Å². The molecule has 0 bridgehead atoms. The molecule has 1 N–H and O–H groups in total. The Bertz CT molecular complexity index is 1310. The van der Waals surface area contributed by atoms with Crippen molar-refractivity contribution in [1.29, 1.82) is 0 Å². The van der Waals surface area contributed by atoms with Crippen molar-refractivity contribution in [2.24, 2.45) is 7.05 Å². The van der Waals surface area contributed by atoms with Gasteiger partial charge in [-0.1, -0.05) is 18.2 Å². The number of hydrogen-bond donors (Lipinski definition) is 1. The summed E-state index contributed by atoms with van der Waals surface area (Å²) in [4.78, 5) is 27.5. The van der Waals surface area contributed by atoms with Crippen molar-refractivity contribution in [3.63, 3.8) is 0 Å². The average Bonchev–Trinajstić information content (AvgIpc) is 3.37. The first-order valence-electron chi connectivity index (χ1n) is 9.49. The van der Waals surface area contributed by atoms with Crippen LogP contribution in [-0.4, -0.2) is 35.7 Å². The quantitative estimate of drug-likeness (QED) is 0.287. The molecular formula is C21H17N5O4S2. The van der Waals surface area contributed by atoms with Gasteiger partial charge in [0, 0.05) is 19.5 Å². The van der Waals surface area contributed by atoms with E-state index < -0.39 is 10.9 Å². The number of nitro benzene ring substituents is 1. The molecule has 11 heteroatoms. The first-order valence-corrected chi connectivity index (χ1v) is 11.1. The fourth-order valence-corrected chi connectivity index (χ4v) is 4.87. The molecule has 2 aromatic carbocycles. The zero-order chi connectivity index (χ0) is 22.7. The molecule has 0 aliphatic rings. The summed E-state index contributed by atoms with van der Waals surface area (Å²) >= 11 is 2.62. The van der Waals surface area contributed by atoms with Gasteiger partial charge in [0.15, 0.2) is 5.16 Å². The fraction of sp³-hybridized carbons (Fsp3) is 0.143. The lowest BCUT2D eigenvalue weighted by molar-refractivity contribution is -0.387. The van der Waals surface area contributed by atoms with Crippen molar-refractivity contribution in [3.8, 4) is 0 Å². The first kappa shape index (κ1) is 21.7. The second-order valence-corrected chi connectivity index (χ2v) is 8.90. The predicted octanol–water partition coefficient (Wildman–Crippen LogP) is 4.89. The van der Waals surface area contributed by atoms with E-state index in [2.05, 4.69) is 15.2 Å². The fourth-order valence-electron chi connectivity index (χ4n) is 3.01. The van der Waals surface area contributed by atoms with Crippen molar-refractivity contribution >= 4 is 56.6 Å². The van der Waals surface area contributed by atoms with Crippen LogP contribution in [0.15, 0.2) is 58.8 Å². The minimum atomic E-state index is -0.918. The summed E-state index contributed by atoms with van der Waals surface area (Å²) in [7, 11) is 1.76. The van der Waals surface area contributed by atoms with E-state index in [4.69, 9.17) is 5.11 Å². The van der Waals surface area contributed by atoms with Crippen LogP contribution in [0.3, 0.4) is 0 Å². The standard InChI is InChI=1S/C21H17N5O4S2/c1-25-12-22-24-21(25)32-18-8-6-13(11-16(18)26(29)30)10-14(7-9-19(27)28)20-23-15-4-2-3-5-17(15)31-20/h2-6,8,10-12H,7,9H2,1H3,(H,27,28)/b14-10-. The van der Waals surface area contributed by atoms with Crippen LogP contribution >= 0.6 is 23.1 Å². The smallest absolute Gasteiger partial charge is 0.303 e. The number of carboxylic acid groups (broad SMARTS) is 1. The highest BCUT2D eigenvalue weighted by atomic mass is 32.2. The van der Waals surface area contributed by atoms with Crippen LogP contribution in [0.2, 0.25) is 0 Å². The molecule has 2 aromatic heterocycles. The van der Waals surface area contributed by atoms with E-state index >= 15 is 0 Å². The lowest BCUT2D eigenvalue weighted by Crippen LogP contribution is -1.96. The van der Waals surface area contributed by atoms with Crippen molar-refractivity contribution in [2.45, 2.75) is 22.9 Å². The van der Waals surface area contributed by atoms with Crippen LogP contribution in [0.4, 0.5) is 5.69 Å². The molecule has 0 fully saturated rings. The maximum absolute atomic E-state index is 11.7. The van der Waals surface area contributed by atoms with Gasteiger partial charge < -0.3 is 9.67 Å². The number of rotatable bonds is 8. The number of carboxylic acids is 1. The molecule has 0 unspecified atom stereocenters. The van der Waals surface area contributed by atoms with Gasteiger partial charge in [0.25, 0.3) is 5.69 Å². The molecule has 0 spiro atoms. The van der Waals surface area contributed by atoms with Gasteiger partial charge in [-0.3, -0.25) is 14.9 Å². The summed E-state index contributed by atoms with van der Waals surface area (Å²) in [6.45, 7) is 0. The number of thiazole rings is 1. The molecule has 162 valence electrons. The second-order valence-electron chi connectivity index (χ2n) is 6.86. The summed E-state index contributed by atoms with van der Waals surface area (Å²) in [5, 5.41) is 29.9. The molecule has 4 aromatic rings. The van der Waals surface area contributed by atoms with Crippen LogP contribution in [0, 0.1) is 10.1 Å². The molecular weight excluding hydrogens is 450 g/mol. The highest BCUT2D eigenvalue weighted by molar-refractivity contribution is 7.99. The van der Waals surface area contributed by atoms with E-state index in [1.807, 2.05) is 24.3 Å². The number of aliphatic carboxylic acids is 1. The maximum atomic E-state index is 11.7. The molecule has 2 heterocycles. The van der Waals surface area contributed by atoms with Gasteiger partial charge in [0.2, 0.25) is 0 Å². The van der Waals surface area contributed by atoms with Crippen molar-refractivity contribution < 1.29 is 14.8 Å². The Hall–Kier alpha value is -3.57. The Morgan fingerprint density at radius 2 is 2.09 bits per heavy atom. The summed E-state index contributed by atoms with van der Waals surface area (Å²) in [5.74, 6) is -0.918. The summed E-state index contributed by atoms with van der Waals surface area (Å²) in [6, 6.07) is 12.6. The van der Waals surface area contributed by atoms with Gasteiger partial charge >= 0.3 is 5.97 Å². The van der Waals surface area contributed by atoms with Gasteiger partial charge in [-0.25, -0.2) is 4.98 Å². The third kappa shape index (κ3) is 4.84. The molecule has 0 saturated heterocycles. The second kappa shape index (κ2) is 9.28. The van der Waals surface area contributed by atoms with E-state index in [0.29, 0.717) is 20.6 Å². The van der Waals surface area contributed by atoms with Crippen LogP contribution < -0.4 is 0 Å². The topological polar surface area (TPSA) is 124 Å². The number of aryl methyl sites for hydroxylation is 1. The van der Waals surface area contributed by atoms with Crippen molar-refractivity contribution in [3.05, 3.63) is 69.5 Å². The van der Waals surface area contributed by atoms with E-state index in [0.717, 1.165) is 27.6 Å². The van der Waals surface area contributed by atoms with Gasteiger partial charge in [-0.05, 0) is 53.6 Å². The van der Waals surface area contributed by atoms with Gasteiger partial charge in [-0.2, -0.15) is 0 Å². The van der Waals surface area contributed by atoms with E-state index in [9.17, 15) is 14.9 Å². The van der Waals surface area contributed by atoms with Crippen LogP contribution in [0.25, 0.3) is 21.9 Å². The lowest BCUT2D eigenvalue weighted by Gasteiger charge is -2.06. The predicted molar refractivity (Wildman–Crippen MR) is 123 cm³/mol. The number of nitro groups is 1. The number of nitrogens with zero attached hydrogens (tertiary/aromatic N) is 5. The number of benzene rings is 2. The monoisotopic (exact) mass is 467 g/mol. The SMILES string of the molecule is Cn1cnnc1Sc1ccc(/C=C(/CCC(=O)O)c2nc3ccccc3s2)cc1[N+](=O)[O-]. The Balaban J connectivity index is 1.73. The lowest BCUT2D eigenvalue weighted by atomic mass is 10.1. The number of fused-ring (bicyclic) bond motifs is 1. The van der Waals surface area contributed by atoms with Crippen LogP contribution in [-0.2, 0) is 11.8 Å². The molecule has 0 aliphatic heterocycles. The highest BCUT2D eigenvalue weighted by Gasteiger charge is 2.18. The Labute approximate surface area is 190 Å². The number of aromatic nitrogens is 4. The van der Waals surface area contributed by atoms with Gasteiger partial charge in [0.1, 0.15) is 11.3 Å². The third-order valence-corrected chi connectivity index (χ3v) is 6.80. The molecule has 9 nitrogen and oxygen atoms in total. The van der Waals surface area contributed by atoms with Crippen molar-refractivity contribution in [2.75, 3.05) is 0 Å². The van der Waals surface area contributed by atoms with E-state index in [1.54, 1.807) is 29.8 Å². The minimum absolute atomic E-state index is 0.0614. The zero-order valence-electron chi connectivity index (χ0n) is 16.8. The Kier molecular flexibility index (Phi) is 6.28. The van der Waals surface area contributed by atoms with Crippen LogP contribution in [0.1, 0.15) is 23.4 Å². The molecule has 0 amide bonds. The molecule has 0 radical (unpaired) electrons. The number of carbonyl (C=O) groups is 1. The normalized spacial score (nSPS) is 11.7. The molecule has 0 saturated carbocycles. The molecule has 4 rings (SSSR count). The largest absolute Gasteiger partial charge is 0.481 e. The van der Waals surface area contributed by atoms with E-state index in [1.165, 1.54) is 23.7 Å².